The number of primary amides is 1. The molecular formula is C10H16FN3O5. The Labute approximate surface area is 108 Å². The van der Waals surface area contributed by atoms with Gasteiger partial charge in [-0.15, -0.1) is 0 Å². The standard InChI is InChI=1S/C10H16FN3O5/c11-7(9(16)17)19-13-10(18)14-5-3-1-2-4-6(14)8(12)15/h6-7H,1-5H2,(H2,12,15)(H,13,18)(H,16,17)/t6-,7?/m0/s1. The summed E-state index contributed by atoms with van der Waals surface area (Å²) < 4.78 is 12.6. The number of hydrogen-bond acceptors (Lipinski definition) is 4. The number of urea groups is 1. The fourth-order valence-corrected chi connectivity index (χ4v) is 1.86. The number of nitrogens with zero attached hydrogens (tertiary/aromatic N) is 1. The van der Waals surface area contributed by atoms with Gasteiger partial charge < -0.3 is 15.7 Å². The van der Waals surface area contributed by atoms with Gasteiger partial charge in [-0.25, -0.2) is 24.3 Å². The van der Waals surface area contributed by atoms with Gasteiger partial charge in [0.25, 0.3) is 0 Å². The maximum absolute atomic E-state index is 12.6. The number of halogens is 1. The van der Waals surface area contributed by atoms with Crippen molar-refractivity contribution < 1.29 is 28.7 Å². The molecule has 0 aromatic carbocycles. The van der Waals surface area contributed by atoms with Gasteiger partial charge in [-0.1, -0.05) is 12.8 Å². The van der Waals surface area contributed by atoms with Crippen LogP contribution in [-0.2, 0) is 14.4 Å². The molecule has 8 nitrogen and oxygen atoms in total. The maximum atomic E-state index is 12.6. The molecule has 9 heteroatoms. The third kappa shape index (κ3) is 4.36. The van der Waals surface area contributed by atoms with Gasteiger partial charge in [-0.3, -0.25) is 4.79 Å². The number of rotatable bonds is 4. The summed E-state index contributed by atoms with van der Waals surface area (Å²) in [6.45, 7) is 0.271. The molecule has 108 valence electrons. The molecule has 1 unspecified atom stereocenters. The largest absolute Gasteiger partial charge is 0.477 e. The van der Waals surface area contributed by atoms with Crippen molar-refractivity contribution in [3.05, 3.63) is 0 Å². The fraction of sp³-hybridized carbons (Fsp3) is 0.700. The topological polar surface area (TPSA) is 122 Å². The molecule has 0 spiro atoms. The van der Waals surface area contributed by atoms with E-state index in [9.17, 15) is 18.8 Å². The molecule has 1 heterocycles. The second-order valence-corrected chi connectivity index (χ2v) is 4.14. The third-order valence-corrected chi connectivity index (χ3v) is 2.79. The Kier molecular flexibility index (Phi) is 5.49. The number of nitrogens with one attached hydrogen (secondary N) is 1. The number of carboxylic acids is 1. The van der Waals surface area contributed by atoms with Crippen LogP contribution in [0.25, 0.3) is 0 Å². The van der Waals surface area contributed by atoms with E-state index in [-0.39, 0.29) is 6.54 Å². The first-order valence-electron chi connectivity index (χ1n) is 5.82. The molecule has 0 aromatic heterocycles. The number of carbonyl (C=O) groups is 3. The van der Waals surface area contributed by atoms with Crippen molar-refractivity contribution >= 4 is 17.9 Å². The SMILES string of the molecule is NC(=O)[C@@H]1CCCCCN1C(=O)NOC(F)C(=O)O. The molecule has 3 amide bonds. The first kappa shape index (κ1) is 15.2. The van der Waals surface area contributed by atoms with Crippen LogP contribution in [0.15, 0.2) is 0 Å². The van der Waals surface area contributed by atoms with Gasteiger partial charge in [-0.2, -0.15) is 0 Å². The van der Waals surface area contributed by atoms with Crippen molar-refractivity contribution in [1.82, 2.24) is 10.4 Å². The summed E-state index contributed by atoms with van der Waals surface area (Å²) in [6, 6.07) is -1.68. The maximum Gasteiger partial charge on any atom is 0.368 e. The minimum Gasteiger partial charge on any atom is -0.477 e. The summed E-state index contributed by atoms with van der Waals surface area (Å²) in [5, 5.41) is 8.25. The van der Waals surface area contributed by atoms with Crippen LogP contribution in [0.4, 0.5) is 9.18 Å². The molecule has 1 saturated heterocycles. The highest BCUT2D eigenvalue weighted by Crippen LogP contribution is 2.16. The number of likely N-dealkylation sites (tertiary alicyclic amines) is 1. The number of nitrogens with two attached hydrogens (primary N) is 1. The highest BCUT2D eigenvalue weighted by molar-refractivity contribution is 5.85. The molecule has 0 aliphatic carbocycles. The van der Waals surface area contributed by atoms with Crippen LogP contribution in [-0.4, -0.2) is 46.9 Å². The van der Waals surface area contributed by atoms with E-state index in [2.05, 4.69) is 4.84 Å². The Bertz CT molecular complexity index is 365. The van der Waals surface area contributed by atoms with Crippen molar-refractivity contribution in [3.63, 3.8) is 0 Å². The van der Waals surface area contributed by atoms with E-state index in [0.29, 0.717) is 12.8 Å². The number of hydroxylamine groups is 1. The Morgan fingerprint density at radius 3 is 2.63 bits per heavy atom. The number of alkyl halides is 1. The van der Waals surface area contributed by atoms with Gasteiger partial charge in [-0.05, 0) is 12.8 Å². The zero-order valence-corrected chi connectivity index (χ0v) is 10.2. The first-order chi connectivity index (χ1) is 8.93. The van der Waals surface area contributed by atoms with E-state index in [0.717, 1.165) is 17.7 Å². The van der Waals surface area contributed by atoms with Gasteiger partial charge in [0.15, 0.2) is 0 Å². The zero-order chi connectivity index (χ0) is 14.4. The summed E-state index contributed by atoms with van der Waals surface area (Å²) in [7, 11) is 0. The number of hydrogen-bond donors (Lipinski definition) is 3. The monoisotopic (exact) mass is 277 g/mol. The fourth-order valence-electron chi connectivity index (χ4n) is 1.86. The van der Waals surface area contributed by atoms with E-state index >= 15 is 0 Å². The average Bonchev–Trinajstić information content (AvgIpc) is 2.60. The normalized spacial score (nSPS) is 21.3. The number of carbonyl (C=O) groups excluding carboxylic acids is 2. The number of amides is 3. The van der Waals surface area contributed by atoms with Gasteiger partial charge in [0.1, 0.15) is 6.04 Å². The van der Waals surface area contributed by atoms with Gasteiger partial charge in [0.05, 0.1) is 0 Å². The summed E-state index contributed by atoms with van der Waals surface area (Å²) in [5.74, 6) is -2.52. The van der Waals surface area contributed by atoms with Crippen LogP contribution in [0.3, 0.4) is 0 Å². The smallest absolute Gasteiger partial charge is 0.368 e. The van der Waals surface area contributed by atoms with Crippen molar-refractivity contribution in [2.75, 3.05) is 6.54 Å². The molecule has 0 radical (unpaired) electrons. The van der Waals surface area contributed by atoms with E-state index in [1.54, 1.807) is 5.48 Å². The predicted molar refractivity (Wildman–Crippen MR) is 60.3 cm³/mol. The number of carboxylic acid groups (broad SMARTS) is 1. The Hall–Kier alpha value is -1.90. The highest BCUT2D eigenvalue weighted by atomic mass is 19.1. The lowest BCUT2D eigenvalue weighted by atomic mass is 10.1. The molecule has 0 saturated carbocycles. The van der Waals surface area contributed by atoms with Crippen molar-refractivity contribution in [3.8, 4) is 0 Å². The van der Waals surface area contributed by atoms with Crippen LogP contribution in [0.1, 0.15) is 25.7 Å². The lowest BCUT2D eigenvalue weighted by Gasteiger charge is -2.27. The molecule has 4 N–H and O–H groups in total. The molecule has 2 atom stereocenters. The lowest BCUT2D eigenvalue weighted by Crippen LogP contribution is -2.51. The second-order valence-electron chi connectivity index (χ2n) is 4.14. The van der Waals surface area contributed by atoms with E-state index < -0.39 is 30.3 Å². The van der Waals surface area contributed by atoms with Crippen LogP contribution < -0.4 is 11.2 Å². The zero-order valence-electron chi connectivity index (χ0n) is 10.2. The quantitative estimate of drug-likeness (QED) is 0.611. The Morgan fingerprint density at radius 2 is 2.05 bits per heavy atom. The van der Waals surface area contributed by atoms with E-state index in [1.165, 1.54) is 0 Å². The molecule has 1 aliphatic rings. The van der Waals surface area contributed by atoms with E-state index in [1.807, 2.05) is 0 Å². The minimum atomic E-state index is -2.66. The van der Waals surface area contributed by atoms with Crippen LogP contribution in [0, 0.1) is 0 Å². The summed E-state index contributed by atoms with van der Waals surface area (Å²) in [5.41, 5.74) is 6.87. The molecule has 1 fully saturated rings. The van der Waals surface area contributed by atoms with Crippen molar-refractivity contribution in [2.24, 2.45) is 5.73 Å². The first-order valence-corrected chi connectivity index (χ1v) is 5.82. The van der Waals surface area contributed by atoms with Crippen LogP contribution in [0.2, 0.25) is 0 Å². The lowest BCUT2D eigenvalue weighted by molar-refractivity contribution is -0.170. The minimum absolute atomic E-state index is 0.271. The highest BCUT2D eigenvalue weighted by Gasteiger charge is 2.30. The van der Waals surface area contributed by atoms with Crippen molar-refractivity contribution in [2.45, 2.75) is 38.1 Å². The second kappa shape index (κ2) is 6.88. The van der Waals surface area contributed by atoms with Gasteiger partial charge in [0.2, 0.25) is 5.91 Å². The Morgan fingerprint density at radius 1 is 1.37 bits per heavy atom. The molecule has 19 heavy (non-hydrogen) atoms. The summed E-state index contributed by atoms with van der Waals surface area (Å²) in [4.78, 5) is 38.3. The molecular weight excluding hydrogens is 261 g/mol. The predicted octanol–water partition coefficient (Wildman–Crippen LogP) is -0.262. The molecule has 1 aliphatic heterocycles. The summed E-state index contributed by atoms with van der Waals surface area (Å²) >= 11 is 0. The van der Waals surface area contributed by atoms with Crippen LogP contribution in [0.5, 0.6) is 0 Å². The summed E-state index contributed by atoms with van der Waals surface area (Å²) in [6.07, 6.45) is 0.0209. The Balaban J connectivity index is 2.60. The molecule has 1 rings (SSSR count). The number of aliphatic carboxylic acids is 1. The van der Waals surface area contributed by atoms with E-state index in [4.69, 9.17) is 10.8 Å². The van der Waals surface area contributed by atoms with Gasteiger partial charge >= 0.3 is 18.4 Å². The van der Waals surface area contributed by atoms with Crippen molar-refractivity contribution in [1.29, 1.82) is 0 Å². The third-order valence-electron chi connectivity index (χ3n) is 2.79. The molecule has 0 bridgehead atoms. The van der Waals surface area contributed by atoms with Crippen LogP contribution >= 0.6 is 0 Å². The molecule has 0 aromatic rings. The van der Waals surface area contributed by atoms with Gasteiger partial charge in [0, 0.05) is 6.54 Å². The average molecular weight is 277 g/mol.